The van der Waals surface area contributed by atoms with E-state index in [1.165, 1.54) is 6.07 Å². The van der Waals surface area contributed by atoms with Crippen LogP contribution in [-0.4, -0.2) is 19.8 Å². The van der Waals surface area contributed by atoms with Gasteiger partial charge in [-0.1, -0.05) is 17.7 Å². The predicted molar refractivity (Wildman–Crippen MR) is 59.6 cm³/mol. The lowest BCUT2D eigenvalue weighted by molar-refractivity contribution is 0.149. The summed E-state index contributed by atoms with van der Waals surface area (Å²) in [6.45, 7) is 4.51. The van der Waals surface area contributed by atoms with E-state index in [-0.39, 0.29) is 5.82 Å². The lowest BCUT2D eigenvalue weighted by Gasteiger charge is -2.06. The number of hydrogen-bond donors (Lipinski definition) is 1. The highest BCUT2D eigenvalue weighted by Gasteiger charge is 2.01. The van der Waals surface area contributed by atoms with Crippen molar-refractivity contribution in [2.75, 3.05) is 19.8 Å². The van der Waals surface area contributed by atoms with Gasteiger partial charge in [0.2, 0.25) is 0 Å². The molecule has 1 N–H and O–H groups in total. The van der Waals surface area contributed by atoms with Gasteiger partial charge in [-0.05, 0) is 19.1 Å². The van der Waals surface area contributed by atoms with Gasteiger partial charge < -0.3 is 10.1 Å². The Morgan fingerprint density at radius 2 is 2.27 bits per heavy atom. The molecule has 0 bridgehead atoms. The van der Waals surface area contributed by atoms with Crippen LogP contribution in [0.25, 0.3) is 0 Å². The van der Waals surface area contributed by atoms with Crippen LogP contribution in [0.1, 0.15) is 12.5 Å². The molecule has 0 heterocycles. The molecule has 2 nitrogen and oxygen atoms in total. The number of nitrogens with one attached hydrogen (secondary N) is 1. The largest absolute Gasteiger partial charge is 0.380 e. The first-order valence-corrected chi connectivity index (χ1v) is 5.34. The molecule has 84 valence electrons. The van der Waals surface area contributed by atoms with Crippen LogP contribution in [0.3, 0.4) is 0 Å². The van der Waals surface area contributed by atoms with E-state index in [0.29, 0.717) is 30.3 Å². The zero-order valence-electron chi connectivity index (χ0n) is 8.72. The summed E-state index contributed by atoms with van der Waals surface area (Å²) in [5.41, 5.74) is 0.621. The Kier molecular flexibility index (Phi) is 5.61. The predicted octanol–water partition coefficient (Wildman–Crippen LogP) is 2.61. The van der Waals surface area contributed by atoms with Crippen molar-refractivity contribution in [3.8, 4) is 0 Å². The third kappa shape index (κ3) is 4.60. The quantitative estimate of drug-likeness (QED) is 0.760. The zero-order chi connectivity index (χ0) is 11.1. The average molecular weight is 232 g/mol. The zero-order valence-corrected chi connectivity index (χ0v) is 9.48. The van der Waals surface area contributed by atoms with Crippen molar-refractivity contribution >= 4 is 11.6 Å². The van der Waals surface area contributed by atoms with Gasteiger partial charge in [0, 0.05) is 30.3 Å². The number of ether oxygens (including phenoxy) is 1. The third-order valence-electron chi connectivity index (χ3n) is 1.96. The number of halogens is 2. The Labute approximate surface area is 94.4 Å². The molecule has 0 radical (unpaired) electrons. The van der Waals surface area contributed by atoms with Crippen LogP contribution >= 0.6 is 11.6 Å². The van der Waals surface area contributed by atoms with Gasteiger partial charge in [0.1, 0.15) is 5.82 Å². The van der Waals surface area contributed by atoms with Gasteiger partial charge in [-0.25, -0.2) is 4.39 Å². The molecule has 1 aromatic rings. The SMILES string of the molecule is CCOCCNCc1ccc(Cl)cc1F. The van der Waals surface area contributed by atoms with E-state index in [9.17, 15) is 4.39 Å². The van der Waals surface area contributed by atoms with Crippen LogP contribution in [0.15, 0.2) is 18.2 Å². The summed E-state index contributed by atoms with van der Waals surface area (Å²) in [5.74, 6) is -0.272. The van der Waals surface area contributed by atoms with Crippen LogP contribution in [0.5, 0.6) is 0 Å². The summed E-state index contributed by atoms with van der Waals surface area (Å²) in [6.07, 6.45) is 0. The Morgan fingerprint density at radius 1 is 1.47 bits per heavy atom. The summed E-state index contributed by atoms with van der Waals surface area (Å²) in [6, 6.07) is 4.69. The first-order chi connectivity index (χ1) is 7.24. The summed E-state index contributed by atoms with van der Waals surface area (Å²) < 4.78 is 18.4. The molecule has 0 spiro atoms. The minimum atomic E-state index is -0.272. The van der Waals surface area contributed by atoms with E-state index in [0.717, 1.165) is 6.54 Å². The molecule has 15 heavy (non-hydrogen) atoms. The van der Waals surface area contributed by atoms with Crippen LogP contribution in [0.4, 0.5) is 4.39 Å². The molecule has 0 amide bonds. The minimum Gasteiger partial charge on any atom is -0.380 e. The van der Waals surface area contributed by atoms with Crippen molar-refractivity contribution in [1.29, 1.82) is 0 Å². The maximum absolute atomic E-state index is 13.3. The third-order valence-corrected chi connectivity index (χ3v) is 2.19. The first kappa shape index (κ1) is 12.4. The molecule has 1 aromatic carbocycles. The van der Waals surface area contributed by atoms with E-state index in [1.807, 2.05) is 6.92 Å². The van der Waals surface area contributed by atoms with E-state index in [1.54, 1.807) is 12.1 Å². The second kappa shape index (κ2) is 6.77. The standard InChI is InChI=1S/C11H15ClFNO/c1-2-15-6-5-14-8-9-3-4-10(12)7-11(9)13/h3-4,7,14H,2,5-6,8H2,1H3. The van der Waals surface area contributed by atoms with Crippen molar-refractivity contribution in [2.45, 2.75) is 13.5 Å². The maximum atomic E-state index is 13.3. The normalized spacial score (nSPS) is 10.6. The van der Waals surface area contributed by atoms with E-state index >= 15 is 0 Å². The molecule has 4 heteroatoms. The van der Waals surface area contributed by atoms with Gasteiger partial charge in [-0.2, -0.15) is 0 Å². The van der Waals surface area contributed by atoms with Crippen molar-refractivity contribution in [2.24, 2.45) is 0 Å². The summed E-state index contributed by atoms with van der Waals surface area (Å²) in [5, 5.41) is 3.51. The fourth-order valence-corrected chi connectivity index (χ4v) is 1.34. The smallest absolute Gasteiger partial charge is 0.129 e. The monoisotopic (exact) mass is 231 g/mol. The van der Waals surface area contributed by atoms with Crippen LogP contribution in [0, 0.1) is 5.82 Å². The average Bonchev–Trinajstić information content (AvgIpc) is 2.20. The maximum Gasteiger partial charge on any atom is 0.129 e. The minimum absolute atomic E-state index is 0.272. The van der Waals surface area contributed by atoms with E-state index in [4.69, 9.17) is 16.3 Å². The molecule has 0 saturated carbocycles. The van der Waals surface area contributed by atoms with Crippen LogP contribution in [-0.2, 0) is 11.3 Å². The Bertz CT molecular complexity index is 307. The summed E-state index contributed by atoms with van der Waals surface area (Å²) in [4.78, 5) is 0. The molecule has 0 fully saturated rings. The van der Waals surface area contributed by atoms with E-state index < -0.39 is 0 Å². The Morgan fingerprint density at radius 3 is 2.93 bits per heavy atom. The van der Waals surface area contributed by atoms with Gasteiger partial charge in [0.05, 0.1) is 6.61 Å². The second-order valence-corrected chi connectivity index (χ2v) is 3.55. The first-order valence-electron chi connectivity index (χ1n) is 4.96. The molecule has 0 atom stereocenters. The van der Waals surface area contributed by atoms with Crippen LogP contribution < -0.4 is 5.32 Å². The Hall–Kier alpha value is -0.640. The summed E-state index contributed by atoms with van der Waals surface area (Å²) in [7, 11) is 0. The lowest BCUT2D eigenvalue weighted by Crippen LogP contribution is -2.19. The summed E-state index contributed by atoms with van der Waals surface area (Å²) >= 11 is 5.64. The molecule has 0 aliphatic carbocycles. The fraction of sp³-hybridized carbons (Fsp3) is 0.455. The molecule has 0 unspecified atom stereocenters. The molecule has 1 rings (SSSR count). The molecular formula is C11H15ClFNO. The van der Waals surface area contributed by atoms with E-state index in [2.05, 4.69) is 5.32 Å². The van der Waals surface area contributed by atoms with Gasteiger partial charge in [-0.15, -0.1) is 0 Å². The lowest BCUT2D eigenvalue weighted by atomic mass is 10.2. The van der Waals surface area contributed by atoms with Gasteiger partial charge in [0.15, 0.2) is 0 Å². The molecule has 0 saturated heterocycles. The highest BCUT2D eigenvalue weighted by molar-refractivity contribution is 6.30. The fourth-order valence-electron chi connectivity index (χ4n) is 1.18. The van der Waals surface area contributed by atoms with Gasteiger partial charge in [0.25, 0.3) is 0 Å². The molecule has 0 aromatic heterocycles. The molecule has 0 aliphatic heterocycles. The number of benzene rings is 1. The second-order valence-electron chi connectivity index (χ2n) is 3.11. The number of rotatable bonds is 6. The topological polar surface area (TPSA) is 21.3 Å². The van der Waals surface area contributed by atoms with Crippen molar-refractivity contribution < 1.29 is 9.13 Å². The van der Waals surface area contributed by atoms with Crippen molar-refractivity contribution in [1.82, 2.24) is 5.32 Å². The molecular weight excluding hydrogens is 217 g/mol. The van der Waals surface area contributed by atoms with Gasteiger partial charge >= 0.3 is 0 Å². The highest BCUT2D eigenvalue weighted by atomic mass is 35.5. The van der Waals surface area contributed by atoms with Crippen molar-refractivity contribution in [3.05, 3.63) is 34.6 Å². The van der Waals surface area contributed by atoms with Crippen molar-refractivity contribution in [3.63, 3.8) is 0 Å². The highest BCUT2D eigenvalue weighted by Crippen LogP contribution is 2.14. The Balaban J connectivity index is 2.31. The number of hydrogen-bond acceptors (Lipinski definition) is 2. The molecule has 0 aliphatic rings. The van der Waals surface area contributed by atoms with Crippen LogP contribution in [0.2, 0.25) is 5.02 Å². The van der Waals surface area contributed by atoms with Gasteiger partial charge in [-0.3, -0.25) is 0 Å².